The van der Waals surface area contributed by atoms with E-state index in [0.717, 1.165) is 36.5 Å². The molecule has 46 heavy (non-hydrogen) atoms. The first-order valence-electron chi connectivity index (χ1n) is 19.9. The molecule has 0 saturated heterocycles. The fourth-order valence-corrected chi connectivity index (χ4v) is 7.93. The van der Waals surface area contributed by atoms with Gasteiger partial charge in [-0.1, -0.05) is 169 Å². The average Bonchev–Trinajstić information content (AvgIpc) is 3.08. The Kier molecular flexibility index (Phi) is 24.9. The SMILES string of the molecule is CC.CCCC1CCCC(CCCCCCCCN(C(C)=O)C(=O)c2cccc(OC)c2)C1CCCCCCCCC(CC)CC. The van der Waals surface area contributed by atoms with Crippen molar-refractivity contribution in [3.8, 4) is 5.75 Å². The average molecular weight is 642 g/mol. The summed E-state index contributed by atoms with van der Waals surface area (Å²) in [5.74, 6) is 4.07. The minimum Gasteiger partial charge on any atom is -0.497 e. The number of ether oxygens (including phenoxy) is 1. The summed E-state index contributed by atoms with van der Waals surface area (Å²) in [6.45, 7) is 13.1. The van der Waals surface area contributed by atoms with Crippen molar-refractivity contribution in [1.29, 1.82) is 0 Å². The molecule has 0 heterocycles. The van der Waals surface area contributed by atoms with Crippen LogP contribution in [0.25, 0.3) is 0 Å². The van der Waals surface area contributed by atoms with Crippen LogP contribution in [0.3, 0.4) is 0 Å². The third-order valence-corrected chi connectivity index (χ3v) is 10.7. The van der Waals surface area contributed by atoms with Gasteiger partial charge in [-0.3, -0.25) is 14.5 Å². The minimum absolute atomic E-state index is 0.186. The molecule has 1 aliphatic carbocycles. The number of carbonyl (C=O) groups excluding carboxylic acids is 2. The number of nitrogens with zero attached hydrogens (tertiary/aromatic N) is 1. The van der Waals surface area contributed by atoms with Crippen molar-refractivity contribution in [2.24, 2.45) is 23.7 Å². The Labute approximate surface area is 286 Å². The van der Waals surface area contributed by atoms with E-state index < -0.39 is 0 Å². The largest absolute Gasteiger partial charge is 0.497 e. The smallest absolute Gasteiger partial charge is 0.260 e. The second-order valence-corrected chi connectivity index (χ2v) is 13.9. The Hall–Kier alpha value is -1.84. The van der Waals surface area contributed by atoms with Crippen molar-refractivity contribution >= 4 is 11.8 Å². The molecule has 2 amide bonds. The molecule has 0 N–H and O–H groups in total. The molecule has 1 saturated carbocycles. The van der Waals surface area contributed by atoms with Crippen LogP contribution >= 0.6 is 0 Å². The van der Waals surface area contributed by atoms with Gasteiger partial charge in [0, 0.05) is 19.0 Å². The Morgan fingerprint density at radius 2 is 1.35 bits per heavy atom. The maximum absolute atomic E-state index is 12.9. The van der Waals surface area contributed by atoms with E-state index in [9.17, 15) is 9.59 Å². The summed E-state index contributed by atoms with van der Waals surface area (Å²) in [6.07, 6.45) is 30.0. The zero-order valence-electron chi connectivity index (χ0n) is 31.6. The molecule has 266 valence electrons. The lowest BCUT2D eigenvalue weighted by Crippen LogP contribution is -2.36. The van der Waals surface area contributed by atoms with Gasteiger partial charge in [0.25, 0.3) is 5.91 Å². The van der Waals surface area contributed by atoms with Gasteiger partial charge in [-0.05, 0) is 54.7 Å². The highest BCUT2D eigenvalue weighted by molar-refractivity contribution is 6.04. The third kappa shape index (κ3) is 16.8. The Morgan fingerprint density at radius 1 is 0.783 bits per heavy atom. The number of hydrogen-bond acceptors (Lipinski definition) is 3. The Bertz CT molecular complexity index is 893. The van der Waals surface area contributed by atoms with Crippen LogP contribution in [0, 0.1) is 23.7 Å². The first kappa shape index (κ1) is 42.2. The highest BCUT2D eigenvalue weighted by atomic mass is 16.5. The van der Waals surface area contributed by atoms with Gasteiger partial charge in [-0.2, -0.15) is 0 Å². The van der Waals surface area contributed by atoms with E-state index >= 15 is 0 Å². The number of methoxy groups -OCH3 is 1. The predicted octanol–water partition coefficient (Wildman–Crippen LogP) is 12.8. The maximum Gasteiger partial charge on any atom is 0.260 e. The predicted molar refractivity (Wildman–Crippen MR) is 199 cm³/mol. The number of unbranched alkanes of at least 4 members (excludes halogenated alkanes) is 10. The van der Waals surface area contributed by atoms with Gasteiger partial charge in [0.1, 0.15) is 5.75 Å². The van der Waals surface area contributed by atoms with E-state index in [1.54, 1.807) is 25.3 Å². The van der Waals surface area contributed by atoms with E-state index in [1.807, 2.05) is 19.9 Å². The van der Waals surface area contributed by atoms with Crippen LogP contribution in [-0.4, -0.2) is 30.4 Å². The Balaban J connectivity index is 0.00000518. The molecule has 0 spiro atoms. The van der Waals surface area contributed by atoms with E-state index in [1.165, 1.54) is 140 Å². The second kappa shape index (κ2) is 27.1. The summed E-state index contributed by atoms with van der Waals surface area (Å²) in [5, 5.41) is 0. The van der Waals surface area contributed by atoms with Gasteiger partial charge >= 0.3 is 0 Å². The summed E-state index contributed by atoms with van der Waals surface area (Å²) < 4.78 is 5.24. The summed E-state index contributed by atoms with van der Waals surface area (Å²) >= 11 is 0. The van der Waals surface area contributed by atoms with Crippen molar-refractivity contribution in [2.45, 2.75) is 183 Å². The molecular weight excluding hydrogens is 566 g/mol. The molecule has 2 rings (SSSR count). The van der Waals surface area contributed by atoms with Crippen LogP contribution in [0.5, 0.6) is 5.75 Å². The van der Waals surface area contributed by atoms with Crippen LogP contribution in [0.15, 0.2) is 24.3 Å². The van der Waals surface area contributed by atoms with Gasteiger partial charge < -0.3 is 4.74 Å². The summed E-state index contributed by atoms with van der Waals surface area (Å²) in [5.41, 5.74) is 0.504. The first-order valence-corrected chi connectivity index (χ1v) is 19.9. The molecule has 4 heteroatoms. The van der Waals surface area contributed by atoms with Gasteiger partial charge in [-0.25, -0.2) is 0 Å². The van der Waals surface area contributed by atoms with E-state index in [4.69, 9.17) is 4.74 Å². The maximum atomic E-state index is 12.9. The molecule has 1 aromatic carbocycles. The third-order valence-electron chi connectivity index (χ3n) is 10.7. The van der Waals surface area contributed by atoms with E-state index in [2.05, 4.69) is 20.8 Å². The lowest BCUT2D eigenvalue weighted by molar-refractivity contribution is -0.126. The summed E-state index contributed by atoms with van der Waals surface area (Å²) in [6, 6.07) is 7.06. The number of imide groups is 1. The number of carbonyl (C=O) groups is 2. The molecule has 4 nitrogen and oxygen atoms in total. The van der Waals surface area contributed by atoms with Gasteiger partial charge in [0.2, 0.25) is 5.91 Å². The molecule has 1 fully saturated rings. The fraction of sp³-hybridized carbons (Fsp3) is 0.810. The van der Waals surface area contributed by atoms with Crippen LogP contribution in [0.1, 0.15) is 193 Å². The lowest BCUT2D eigenvalue weighted by atomic mass is 9.67. The van der Waals surface area contributed by atoms with Crippen molar-refractivity contribution in [1.82, 2.24) is 4.90 Å². The standard InChI is InChI=1S/C40H69NO3.C2H6/c1-6-23-35-26-21-27-36(39(35)30-19-15-10-9-13-17-24-34(7-2)8-3)25-18-14-11-12-16-20-31-41(33(4)42)40(43)37-28-22-29-38(32-37)44-5;1-2/h22,28-29,32,34-36,39H,6-21,23-27,30-31H2,1-5H3;1-2H3. The van der Waals surface area contributed by atoms with Crippen LogP contribution in [0.4, 0.5) is 0 Å². The zero-order valence-corrected chi connectivity index (χ0v) is 31.6. The molecule has 0 radical (unpaired) electrons. The van der Waals surface area contributed by atoms with Crippen molar-refractivity contribution < 1.29 is 14.3 Å². The fourth-order valence-electron chi connectivity index (χ4n) is 7.93. The van der Waals surface area contributed by atoms with Crippen molar-refractivity contribution in [2.75, 3.05) is 13.7 Å². The van der Waals surface area contributed by atoms with E-state index in [-0.39, 0.29) is 11.8 Å². The number of amides is 2. The van der Waals surface area contributed by atoms with E-state index in [0.29, 0.717) is 17.9 Å². The normalized spacial score (nSPS) is 17.8. The lowest BCUT2D eigenvalue weighted by Gasteiger charge is -2.39. The number of benzene rings is 1. The Morgan fingerprint density at radius 3 is 1.93 bits per heavy atom. The zero-order chi connectivity index (χ0) is 34.0. The first-order chi connectivity index (χ1) is 22.4. The minimum atomic E-state index is -0.229. The van der Waals surface area contributed by atoms with Crippen molar-refractivity contribution in [3.05, 3.63) is 29.8 Å². The van der Waals surface area contributed by atoms with Crippen LogP contribution in [0.2, 0.25) is 0 Å². The highest BCUT2D eigenvalue weighted by Crippen LogP contribution is 2.42. The van der Waals surface area contributed by atoms with Crippen molar-refractivity contribution in [3.63, 3.8) is 0 Å². The summed E-state index contributed by atoms with van der Waals surface area (Å²) in [4.78, 5) is 26.5. The molecule has 1 aliphatic rings. The van der Waals surface area contributed by atoms with Gasteiger partial charge in [0.15, 0.2) is 0 Å². The topological polar surface area (TPSA) is 46.6 Å². The molecule has 3 atom stereocenters. The molecule has 3 unspecified atom stereocenters. The monoisotopic (exact) mass is 642 g/mol. The molecular formula is C42H75NO3. The highest BCUT2D eigenvalue weighted by Gasteiger charge is 2.31. The quantitative estimate of drug-likeness (QED) is 0.106. The number of rotatable bonds is 24. The molecule has 1 aromatic rings. The number of hydrogen-bond donors (Lipinski definition) is 0. The van der Waals surface area contributed by atoms with Gasteiger partial charge in [0.05, 0.1) is 7.11 Å². The van der Waals surface area contributed by atoms with Gasteiger partial charge in [-0.15, -0.1) is 0 Å². The molecule has 0 bridgehead atoms. The van der Waals surface area contributed by atoms with Crippen LogP contribution < -0.4 is 4.74 Å². The summed E-state index contributed by atoms with van der Waals surface area (Å²) in [7, 11) is 1.59. The molecule has 0 aliphatic heterocycles. The van der Waals surface area contributed by atoms with Crippen LogP contribution in [-0.2, 0) is 4.79 Å². The second-order valence-electron chi connectivity index (χ2n) is 13.9. The molecule has 0 aromatic heterocycles.